The maximum atomic E-state index is 12.3. The third-order valence-corrected chi connectivity index (χ3v) is 6.81. The number of anilines is 1. The van der Waals surface area contributed by atoms with Crippen molar-refractivity contribution in [2.75, 3.05) is 18.0 Å². The highest BCUT2D eigenvalue weighted by Gasteiger charge is 2.38. The molecule has 0 radical (unpaired) electrons. The molecule has 1 aliphatic heterocycles. The van der Waals surface area contributed by atoms with Crippen molar-refractivity contribution < 1.29 is 4.79 Å². The van der Waals surface area contributed by atoms with E-state index in [0.717, 1.165) is 56.1 Å². The Balaban J connectivity index is 1.17. The highest BCUT2D eigenvalue weighted by atomic mass is 16.2. The van der Waals surface area contributed by atoms with E-state index in [2.05, 4.69) is 32.7 Å². The molecule has 2 N–H and O–H groups in total. The van der Waals surface area contributed by atoms with E-state index in [1.54, 1.807) is 0 Å². The minimum absolute atomic E-state index is 0.00239. The maximum Gasteiger partial charge on any atom is 0.315 e. The van der Waals surface area contributed by atoms with Crippen LogP contribution in [0.3, 0.4) is 0 Å². The zero-order valence-corrected chi connectivity index (χ0v) is 17.2. The van der Waals surface area contributed by atoms with Gasteiger partial charge in [-0.05, 0) is 50.2 Å². The summed E-state index contributed by atoms with van der Waals surface area (Å²) in [6, 6.07) is 4.63. The van der Waals surface area contributed by atoms with Crippen LogP contribution in [0, 0.1) is 5.92 Å². The lowest BCUT2D eigenvalue weighted by Gasteiger charge is -2.33. The smallest absolute Gasteiger partial charge is 0.315 e. The Morgan fingerprint density at radius 2 is 1.69 bits per heavy atom. The minimum atomic E-state index is 0.00239. The molecule has 2 atom stereocenters. The van der Waals surface area contributed by atoms with E-state index in [1.807, 2.05) is 16.6 Å². The number of carbonyl (C=O) groups excluding carboxylic acids is 1. The lowest BCUT2D eigenvalue weighted by Crippen LogP contribution is -2.50. The summed E-state index contributed by atoms with van der Waals surface area (Å²) in [5.74, 6) is 3.13. The molecule has 0 aromatic carbocycles. The fourth-order valence-electron chi connectivity index (χ4n) is 4.79. The van der Waals surface area contributed by atoms with Crippen molar-refractivity contribution in [1.29, 1.82) is 0 Å². The molecule has 2 aromatic heterocycles. The molecule has 3 heterocycles. The molecule has 2 saturated carbocycles. The highest BCUT2D eigenvalue weighted by molar-refractivity contribution is 5.74. The normalized spacial score (nSPS) is 25.9. The van der Waals surface area contributed by atoms with E-state index in [-0.39, 0.29) is 12.1 Å². The van der Waals surface area contributed by atoms with Gasteiger partial charge in [0.2, 0.25) is 0 Å². The van der Waals surface area contributed by atoms with Crippen LogP contribution in [0.4, 0.5) is 10.6 Å². The Bertz CT molecular complexity index is 867. The SMILES string of the molecule is CC1CC1c1nnc2ccc(N3CCC(NC(=O)NC4CCCCC4)CC3)nn12. The zero-order valence-electron chi connectivity index (χ0n) is 17.2. The Morgan fingerprint density at radius 1 is 1.00 bits per heavy atom. The van der Waals surface area contributed by atoms with E-state index in [1.165, 1.54) is 25.7 Å². The van der Waals surface area contributed by atoms with Crippen LogP contribution in [0.15, 0.2) is 12.1 Å². The number of rotatable bonds is 4. The minimum Gasteiger partial charge on any atom is -0.355 e. The number of piperidine rings is 1. The molecular weight excluding hydrogens is 366 g/mol. The largest absolute Gasteiger partial charge is 0.355 e. The average molecular weight is 398 g/mol. The number of aromatic nitrogens is 4. The summed E-state index contributed by atoms with van der Waals surface area (Å²) in [5, 5.41) is 19.8. The van der Waals surface area contributed by atoms with Gasteiger partial charge in [0, 0.05) is 31.1 Å². The predicted molar refractivity (Wildman–Crippen MR) is 111 cm³/mol. The van der Waals surface area contributed by atoms with Gasteiger partial charge < -0.3 is 15.5 Å². The average Bonchev–Trinajstić information content (AvgIpc) is 3.31. The van der Waals surface area contributed by atoms with E-state index in [9.17, 15) is 4.79 Å². The monoisotopic (exact) mass is 397 g/mol. The summed E-state index contributed by atoms with van der Waals surface area (Å²) in [4.78, 5) is 14.6. The Hall–Kier alpha value is -2.38. The topological polar surface area (TPSA) is 87.5 Å². The van der Waals surface area contributed by atoms with Crippen LogP contribution in [0.1, 0.15) is 70.0 Å². The van der Waals surface area contributed by atoms with E-state index < -0.39 is 0 Å². The molecule has 2 aliphatic carbocycles. The molecule has 29 heavy (non-hydrogen) atoms. The van der Waals surface area contributed by atoms with Crippen LogP contribution in [0.5, 0.6) is 0 Å². The first-order valence-electron chi connectivity index (χ1n) is 11.2. The molecular formula is C21H31N7O. The number of nitrogens with zero attached hydrogens (tertiary/aromatic N) is 5. The third-order valence-electron chi connectivity index (χ3n) is 6.81. The second-order valence-corrected chi connectivity index (χ2v) is 9.05. The van der Waals surface area contributed by atoms with Gasteiger partial charge in [0.05, 0.1) is 0 Å². The molecule has 8 heteroatoms. The van der Waals surface area contributed by atoms with Gasteiger partial charge >= 0.3 is 6.03 Å². The Kier molecular flexibility index (Phi) is 5.01. The van der Waals surface area contributed by atoms with Crippen LogP contribution in [-0.4, -0.2) is 51.0 Å². The fraction of sp³-hybridized carbons (Fsp3) is 0.714. The van der Waals surface area contributed by atoms with Gasteiger partial charge in [0.25, 0.3) is 0 Å². The number of hydrogen-bond acceptors (Lipinski definition) is 5. The van der Waals surface area contributed by atoms with Crippen molar-refractivity contribution >= 4 is 17.5 Å². The van der Waals surface area contributed by atoms with Gasteiger partial charge in [0.15, 0.2) is 11.5 Å². The summed E-state index contributed by atoms with van der Waals surface area (Å²) in [6.07, 6.45) is 9.04. The van der Waals surface area contributed by atoms with Gasteiger partial charge in [-0.25, -0.2) is 4.79 Å². The van der Waals surface area contributed by atoms with Crippen LogP contribution >= 0.6 is 0 Å². The molecule has 2 aromatic rings. The van der Waals surface area contributed by atoms with Crippen LogP contribution in [-0.2, 0) is 0 Å². The van der Waals surface area contributed by atoms with Crippen molar-refractivity contribution in [3.8, 4) is 0 Å². The van der Waals surface area contributed by atoms with Gasteiger partial charge in [0.1, 0.15) is 5.82 Å². The first kappa shape index (κ1) is 18.6. The van der Waals surface area contributed by atoms with Crippen molar-refractivity contribution in [3.05, 3.63) is 18.0 Å². The van der Waals surface area contributed by atoms with Crippen LogP contribution in [0.25, 0.3) is 5.65 Å². The highest BCUT2D eigenvalue weighted by Crippen LogP contribution is 2.45. The van der Waals surface area contributed by atoms with Crippen molar-refractivity contribution in [3.63, 3.8) is 0 Å². The van der Waals surface area contributed by atoms with E-state index >= 15 is 0 Å². The molecule has 3 fully saturated rings. The molecule has 2 unspecified atom stereocenters. The summed E-state index contributed by atoms with van der Waals surface area (Å²) >= 11 is 0. The van der Waals surface area contributed by atoms with Crippen molar-refractivity contribution in [1.82, 2.24) is 30.4 Å². The second-order valence-electron chi connectivity index (χ2n) is 9.05. The molecule has 3 aliphatic rings. The number of nitrogens with one attached hydrogen (secondary N) is 2. The number of amides is 2. The summed E-state index contributed by atoms with van der Waals surface area (Å²) in [6.45, 7) is 4.03. The van der Waals surface area contributed by atoms with Gasteiger partial charge in [-0.15, -0.1) is 15.3 Å². The molecule has 156 valence electrons. The molecule has 8 nitrogen and oxygen atoms in total. The van der Waals surface area contributed by atoms with Crippen LogP contribution < -0.4 is 15.5 Å². The predicted octanol–water partition coefficient (Wildman–Crippen LogP) is 2.85. The number of fused-ring (bicyclic) bond motifs is 1. The fourth-order valence-corrected chi connectivity index (χ4v) is 4.79. The second kappa shape index (κ2) is 7.80. The summed E-state index contributed by atoms with van der Waals surface area (Å²) in [5.41, 5.74) is 0.818. The van der Waals surface area contributed by atoms with Crippen molar-refractivity contribution in [2.24, 2.45) is 5.92 Å². The first-order chi connectivity index (χ1) is 14.2. The van der Waals surface area contributed by atoms with Gasteiger partial charge in [-0.1, -0.05) is 26.2 Å². The Morgan fingerprint density at radius 3 is 2.38 bits per heavy atom. The first-order valence-corrected chi connectivity index (χ1v) is 11.2. The molecule has 0 bridgehead atoms. The van der Waals surface area contributed by atoms with E-state index in [0.29, 0.717) is 17.9 Å². The standard InChI is InChI=1S/C21H31N7O/c1-14-13-17(14)20-25-24-18-7-8-19(26-28(18)20)27-11-9-16(10-12-27)23-21(29)22-15-5-3-2-4-6-15/h7-8,14-17H,2-6,9-13H2,1H3,(H2,22,23,29). The summed E-state index contributed by atoms with van der Waals surface area (Å²) in [7, 11) is 0. The quantitative estimate of drug-likeness (QED) is 0.828. The molecule has 5 rings (SSSR count). The van der Waals surface area contributed by atoms with Gasteiger partial charge in [-0.2, -0.15) is 4.52 Å². The molecule has 1 saturated heterocycles. The third kappa shape index (κ3) is 4.02. The lowest BCUT2D eigenvalue weighted by atomic mass is 9.96. The summed E-state index contributed by atoms with van der Waals surface area (Å²) < 4.78 is 1.92. The number of carbonyl (C=O) groups is 1. The number of urea groups is 1. The lowest BCUT2D eigenvalue weighted by molar-refractivity contribution is 0.226. The van der Waals surface area contributed by atoms with Gasteiger partial charge in [-0.3, -0.25) is 0 Å². The molecule has 0 spiro atoms. The number of hydrogen-bond donors (Lipinski definition) is 2. The Labute approximate surface area is 171 Å². The van der Waals surface area contributed by atoms with Crippen molar-refractivity contribution in [2.45, 2.75) is 76.3 Å². The van der Waals surface area contributed by atoms with Crippen LogP contribution in [0.2, 0.25) is 0 Å². The maximum absolute atomic E-state index is 12.3. The zero-order chi connectivity index (χ0) is 19.8. The molecule has 2 amide bonds. The van der Waals surface area contributed by atoms with E-state index in [4.69, 9.17) is 5.10 Å².